The Morgan fingerprint density at radius 1 is 1.33 bits per heavy atom. The number of carbonyl (C=O) groups is 1. The van der Waals surface area contributed by atoms with E-state index in [-0.39, 0.29) is 0 Å². The van der Waals surface area contributed by atoms with Crippen LogP contribution in [-0.4, -0.2) is 22.9 Å². The first kappa shape index (κ1) is 12.6. The number of Topliss-reactive ketones (excluding diaryl/α,β-unsaturated/α-hetero) is 1. The Bertz CT molecular complexity index is 277. The van der Waals surface area contributed by atoms with Crippen LogP contribution in [0.15, 0.2) is 0 Å². The van der Waals surface area contributed by atoms with Crippen LogP contribution in [0.2, 0.25) is 0 Å². The van der Waals surface area contributed by atoms with Gasteiger partial charge in [0, 0.05) is 6.92 Å². The van der Waals surface area contributed by atoms with E-state index in [1.54, 1.807) is 13.8 Å². The molecule has 0 spiro atoms. The van der Waals surface area contributed by atoms with E-state index in [4.69, 9.17) is 4.74 Å². The van der Waals surface area contributed by atoms with E-state index >= 15 is 0 Å². The first-order valence-electron chi connectivity index (χ1n) is 5.08. The largest absolute Gasteiger partial charge is 0.369 e. The number of carbonyl (C=O) groups excluding carboxylic acids is 1. The molecule has 1 aliphatic rings. The molecule has 1 aliphatic heterocycles. The SMILES string of the molecule is CC1(C)CC(C(=O)C(C)(F)F)C(C)(C)O1. The van der Waals surface area contributed by atoms with E-state index in [0.717, 1.165) is 0 Å². The Labute approximate surface area is 89.0 Å². The molecule has 0 aromatic rings. The maximum atomic E-state index is 13.0. The molecule has 0 N–H and O–H groups in total. The lowest BCUT2D eigenvalue weighted by atomic mass is 9.82. The minimum atomic E-state index is -3.27. The molecular weight excluding hydrogens is 202 g/mol. The molecule has 1 atom stereocenters. The maximum absolute atomic E-state index is 13.0. The Kier molecular flexibility index (Phi) is 2.71. The van der Waals surface area contributed by atoms with E-state index in [1.807, 2.05) is 13.8 Å². The van der Waals surface area contributed by atoms with Gasteiger partial charge in [-0.05, 0) is 34.1 Å². The van der Waals surface area contributed by atoms with Crippen LogP contribution in [0, 0.1) is 5.92 Å². The number of ether oxygens (including phenoxy) is 1. The summed E-state index contributed by atoms with van der Waals surface area (Å²) in [7, 11) is 0. The zero-order valence-corrected chi connectivity index (χ0v) is 9.86. The highest BCUT2D eigenvalue weighted by molar-refractivity contribution is 5.88. The van der Waals surface area contributed by atoms with Crippen LogP contribution in [0.3, 0.4) is 0 Å². The van der Waals surface area contributed by atoms with Gasteiger partial charge in [-0.3, -0.25) is 4.79 Å². The zero-order chi connectivity index (χ0) is 12.1. The van der Waals surface area contributed by atoms with Crippen molar-refractivity contribution in [1.82, 2.24) is 0 Å². The Hall–Kier alpha value is -0.510. The Morgan fingerprint density at radius 2 is 1.80 bits per heavy atom. The summed E-state index contributed by atoms with van der Waals surface area (Å²) < 4.78 is 31.5. The van der Waals surface area contributed by atoms with Crippen molar-refractivity contribution in [3.05, 3.63) is 0 Å². The van der Waals surface area contributed by atoms with Gasteiger partial charge in [-0.15, -0.1) is 0 Å². The van der Waals surface area contributed by atoms with Crippen molar-refractivity contribution in [1.29, 1.82) is 0 Å². The molecule has 0 aromatic carbocycles. The minimum absolute atomic E-state index is 0.349. The van der Waals surface area contributed by atoms with Gasteiger partial charge in [-0.1, -0.05) is 0 Å². The third kappa shape index (κ3) is 2.54. The summed E-state index contributed by atoms with van der Waals surface area (Å²) in [5, 5.41) is 0. The van der Waals surface area contributed by atoms with Crippen LogP contribution in [0.4, 0.5) is 8.78 Å². The van der Waals surface area contributed by atoms with Crippen LogP contribution in [0.25, 0.3) is 0 Å². The Balaban J connectivity index is 2.93. The molecule has 0 saturated carbocycles. The van der Waals surface area contributed by atoms with Crippen molar-refractivity contribution >= 4 is 5.78 Å². The molecule has 1 unspecified atom stereocenters. The van der Waals surface area contributed by atoms with Crippen LogP contribution < -0.4 is 0 Å². The molecule has 1 heterocycles. The molecule has 88 valence electrons. The summed E-state index contributed by atoms with van der Waals surface area (Å²) in [6.45, 7) is 7.66. The lowest BCUT2D eigenvalue weighted by Gasteiger charge is -2.27. The van der Waals surface area contributed by atoms with Crippen molar-refractivity contribution in [2.45, 2.75) is 58.2 Å². The fourth-order valence-corrected chi connectivity index (χ4v) is 2.28. The predicted octanol–water partition coefficient (Wildman–Crippen LogP) is 2.80. The van der Waals surface area contributed by atoms with E-state index in [0.29, 0.717) is 13.3 Å². The quantitative estimate of drug-likeness (QED) is 0.715. The van der Waals surface area contributed by atoms with Crippen molar-refractivity contribution in [3.8, 4) is 0 Å². The number of hydrogen-bond donors (Lipinski definition) is 0. The molecule has 0 aliphatic carbocycles. The highest BCUT2D eigenvalue weighted by atomic mass is 19.3. The van der Waals surface area contributed by atoms with Gasteiger partial charge in [0.05, 0.1) is 17.1 Å². The molecule has 1 fully saturated rings. The topological polar surface area (TPSA) is 26.3 Å². The maximum Gasteiger partial charge on any atom is 0.302 e. The summed E-state index contributed by atoms with van der Waals surface area (Å²) in [5.41, 5.74) is -1.31. The molecule has 15 heavy (non-hydrogen) atoms. The summed E-state index contributed by atoms with van der Waals surface area (Å²) in [6.07, 6.45) is 0.349. The van der Waals surface area contributed by atoms with Gasteiger partial charge in [0.25, 0.3) is 0 Å². The molecule has 0 bridgehead atoms. The molecule has 1 rings (SSSR count). The normalized spacial score (nSPS) is 29.1. The zero-order valence-electron chi connectivity index (χ0n) is 9.86. The number of alkyl halides is 2. The van der Waals surface area contributed by atoms with Gasteiger partial charge in [0.1, 0.15) is 0 Å². The van der Waals surface area contributed by atoms with Gasteiger partial charge in [-0.25, -0.2) is 0 Å². The number of ketones is 1. The molecule has 0 aromatic heterocycles. The van der Waals surface area contributed by atoms with E-state index in [1.165, 1.54) is 0 Å². The second-order valence-corrected chi connectivity index (χ2v) is 5.47. The monoisotopic (exact) mass is 220 g/mol. The first-order valence-corrected chi connectivity index (χ1v) is 5.08. The summed E-state index contributed by atoms with van der Waals surface area (Å²) in [5.74, 6) is -5.02. The fourth-order valence-electron chi connectivity index (χ4n) is 2.28. The molecular formula is C11H18F2O2. The van der Waals surface area contributed by atoms with Crippen molar-refractivity contribution in [3.63, 3.8) is 0 Å². The smallest absolute Gasteiger partial charge is 0.302 e. The lowest BCUT2D eigenvalue weighted by molar-refractivity contribution is -0.151. The molecule has 0 radical (unpaired) electrons. The van der Waals surface area contributed by atoms with Gasteiger partial charge in [-0.2, -0.15) is 8.78 Å². The van der Waals surface area contributed by atoms with Gasteiger partial charge in [0.2, 0.25) is 5.78 Å². The van der Waals surface area contributed by atoms with E-state index in [9.17, 15) is 13.6 Å². The Morgan fingerprint density at radius 3 is 2.07 bits per heavy atom. The summed E-state index contributed by atoms with van der Waals surface area (Å²) in [4.78, 5) is 11.5. The van der Waals surface area contributed by atoms with Crippen molar-refractivity contribution < 1.29 is 18.3 Å². The van der Waals surface area contributed by atoms with Crippen LogP contribution in [-0.2, 0) is 9.53 Å². The summed E-state index contributed by atoms with van der Waals surface area (Å²) in [6, 6.07) is 0. The van der Waals surface area contributed by atoms with E-state index in [2.05, 4.69) is 0 Å². The van der Waals surface area contributed by atoms with Gasteiger partial charge in [0.15, 0.2) is 0 Å². The second-order valence-electron chi connectivity index (χ2n) is 5.47. The number of halogens is 2. The van der Waals surface area contributed by atoms with Gasteiger partial charge >= 0.3 is 5.92 Å². The van der Waals surface area contributed by atoms with Crippen molar-refractivity contribution in [2.24, 2.45) is 5.92 Å². The highest BCUT2D eigenvalue weighted by Gasteiger charge is 2.53. The minimum Gasteiger partial charge on any atom is -0.369 e. The first-order chi connectivity index (χ1) is 6.46. The third-order valence-corrected chi connectivity index (χ3v) is 2.82. The summed E-state index contributed by atoms with van der Waals surface area (Å²) >= 11 is 0. The van der Waals surface area contributed by atoms with E-state index < -0.39 is 28.8 Å². The van der Waals surface area contributed by atoms with Crippen molar-refractivity contribution in [2.75, 3.05) is 0 Å². The lowest BCUT2D eigenvalue weighted by Crippen LogP contribution is -2.41. The predicted molar refractivity (Wildman–Crippen MR) is 53.0 cm³/mol. The van der Waals surface area contributed by atoms with Gasteiger partial charge < -0.3 is 4.74 Å². The average molecular weight is 220 g/mol. The average Bonchev–Trinajstić information content (AvgIpc) is 2.15. The fraction of sp³-hybridized carbons (Fsp3) is 0.909. The second kappa shape index (κ2) is 3.24. The molecule has 0 amide bonds. The van der Waals surface area contributed by atoms with Crippen LogP contribution in [0.1, 0.15) is 41.0 Å². The standard InChI is InChI=1S/C11H18F2O2/c1-9(2)6-7(10(3,4)15-9)8(14)11(5,12)13/h7H,6H2,1-5H3. The molecule has 2 nitrogen and oxygen atoms in total. The molecule has 1 saturated heterocycles. The highest BCUT2D eigenvalue weighted by Crippen LogP contribution is 2.44. The van der Waals surface area contributed by atoms with Crippen LogP contribution in [0.5, 0.6) is 0 Å². The number of rotatable bonds is 2. The molecule has 4 heteroatoms. The third-order valence-electron chi connectivity index (χ3n) is 2.82. The van der Waals surface area contributed by atoms with Crippen LogP contribution >= 0.6 is 0 Å². The number of hydrogen-bond acceptors (Lipinski definition) is 2.